The predicted molar refractivity (Wildman–Crippen MR) is 94.5 cm³/mol. The van der Waals surface area contributed by atoms with Gasteiger partial charge in [0, 0.05) is 25.9 Å². The Morgan fingerprint density at radius 2 is 1.71 bits per heavy atom. The van der Waals surface area contributed by atoms with Crippen LogP contribution in [0.5, 0.6) is 0 Å². The van der Waals surface area contributed by atoms with Crippen molar-refractivity contribution in [3.8, 4) is 0 Å². The molecule has 128 valence electrons. The average Bonchev–Trinajstić information content (AvgIpc) is 2.54. The van der Waals surface area contributed by atoms with Gasteiger partial charge in [-0.25, -0.2) is 8.42 Å². The molecule has 24 heavy (non-hydrogen) atoms. The van der Waals surface area contributed by atoms with Crippen LogP contribution in [0.1, 0.15) is 23.6 Å². The molecule has 2 aromatic rings. The lowest BCUT2D eigenvalue weighted by Crippen LogP contribution is -2.41. The SMILES string of the molecule is C[C@@](O)(CN1CCc2ccccc2C1)c1ccc(S(C)(=O)=O)cc1. The van der Waals surface area contributed by atoms with E-state index in [1.165, 1.54) is 17.4 Å². The Morgan fingerprint density at radius 3 is 2.33 bits per heavy atom. The number of benzene rings is 2. The first-order valence-corrected chi connectivity index (χ1v) is 9.97. The maximum Gasteiger partial charge on any atom is 0.175 e. The molecular weight excluding hydrogens is 322 g/mol. The van der Waals surface area contributed by atoms with Gasteiger partial charge in [0.1, 0.15) is 0 Å². The van der Waals surface area contributed by atoms with Crippen molar-refractivity contribution < 1.29 is 13.5 Å². The van der Waals surface area contributed by atoms with Gasteiger partial charge in [-0.1, -0.05) is 36.4 Å². The first-order valence-electron chi connectivity index (χ1n) is 8.08. The third-order valence-electron chi connectivity index (χ3n) is 4.65. The number of rotatable bonds is 4. The van der Waals surface area contributed by atoms with Crippen molar-refractivity contribution in [2.75, 3.05) is 19.3 Å². The van der Waals surface area contributed by atoms with Crippen LogP contribution in [-0.2, 0) is 28.4 Å². The quantitative estimate of drug-likeness (QED) is 0.924. The van der Waals surface area contributed by atoms with E-state index in [9.17, 15) is 13.5 Å². The molecule has 2 aromatic carbocycles. The molecule has 0 unspecified atom stereocenters. The fourth-order valence-electron chi connectivity index (χ4n) is 3.28. The van der Waals surface area contributed by atoms with Gasteiger partial charge in [-0.15, -0.1) is 0 Å². The molecule has 5 heteroatoms. The van der Waals surface area contributed by atoms with E-state index in [4.69, 9.17) is 0 Å². The second-order valence-corrected chi connectivity index (χ2v) is 8.82. The maximum atomic E-state index is 11.6. The van der Waals surface area contributed by atoms with Gasteiger partial charge in [-0.2, -0.15) is 0 Å². The van der Waals surface area contributed by atoms with Gasteiger partial charge in [0.2, 0.25) is 0 Å². The van der Waals surface area contributed by atoms with Crippen molar-refractivity contribution in [3.63, 3.8) is 0 Å². The lowest BCUT2D eigenvalue weighted by molar-refractivity contribution is 0.0117. The molecule has 0 saturated heterocycles. The zero-order chi connectivity index (χ0) is 17.4. The van der Waals surface area contributed by atoms with Crippen LogP contribution in [0.2, 0.25) is 0 Å². The Balaban J connectivity index is 1.75. The van der Waals surface area contributed by atoms with Crippen LogP contribution in [0.3, 0.4) is 0 Å². The molecule has 0 spiro atoms. The third kappa shape index (κ3) is 3.69. The second kappa shape index (κ2) is 6.31. The number of fused-ring (bicyclic) bond motifs is 1. The van der Waals surface area contributed by atoms with Crippen LogP contribution < -0.4 is 0 Å². The minimum absolute atomic E-state index is 0.272. The van der Waals surface area contributed by atoms with Crippen LogP contribution in [0.25, 0.3) is 0 Å². The molecule has 1 atom stereocenters. The molecule has 0 aliphatic carbocycles. The number of sulfone groups is 1. The Hall–Kier alpha value is -1.69. The number of hydrogen-bond acceptors (Lipinski definition) is 4. The summed E-state index contributed by atoms with van der Waals surface area (Å²) >= 11 is 0. The van der Waals surface area contributed by atoms with E-state index >= 15 is 0 Å². The maximum absolute atomic E-state index is 11.6. The number of β-amino-alcohol motifs (C(OH)–C–C–N with tert-alkyl or cyclic N) is 1. The zero-order valence-electron chi connectivity index (χ0n) is 14.1. The van der Waals surface area contributed by atoms with Crippen molar-refractivity contribution in [2.24, 2.45) is 0 Å². The third-order valence-corrected chi connectivity index (χ3v) is 5.77. The molecule has 1 aliphatic heterocycles. The van der Waals surface area contributed by atoms with Gasteiger partial charge in [0.05, 0.1) is 10.5 Å². The molecule has 0 amide bonds. The molecule has 1 N–H and O–H groups in total. The Bertz CT molecular complexity index is 826. The summed E-state index contributed by atoms with van der Waals surface area (Å²) in [6.45, 7) is 4.03. The molecular formula is C19H23NO3S. The molecule has 1 heterocycles. The van der Waals surface area contributed by atoms with E-state index in [0.29, 0.717) is 6.54 Å². The monoisotopic (exact) mass is 345 g/mol. The smallest absolute Gasteiger partial charge is 0.175 e. The van der Waals surface area contributed by atoms with Gasteiger partial charge >= 0.3 is 0 Å². The summed E-state index contributed by atoms with van der Waals surface area (Å²) in [4.78, 5) is 2.52. The average molecular weight is 345 g/mol. The fourth-order valence-corrected chi connectivity index (χ4v) is 3.91. The molecule has 4 nitrogen and oxygen atoms in total. The molecule has 3 rings (SSSR count). The lowest BCUT2D eigenvalue weighted by atomic mass is 9.93. The Morgan fingerprint density at radius 1 is 1.08 bits per heavy atom. The van der Waals surface area contributed by atoms with Crippen LogP contribution in [-0.4, -0.2) is 37.8 Å². The summed E-state index contributed by atoms with van der Waals surface area (Å²) in [6, 6.07) is 14.9. The highest BCUT2D eigenvalue weighted by Gasteiger charge is 2.28. The molecule has 0 aromatic heterocycles. The van der Waals surface area contributed by atoms with Gasteiger partial charge in [-0.05, 0) is 42.2 Å². The van der Waals surface area contributed by atoms with Crippen molar-refractivity contribution >= 4 is 9.84 Å². The molecule has 0 radical (unpaired) electrons. The lowest BCUT2D eigenvalue weighted by Gasteiger charge is -2.35. The highest BCUT2D eigenvalue weighted by atomic mass is 32.2. The van der Waals surface area contributed by atoms with Gasteiger partial charge < -0.3 is 5.11 Å². The molecule has 0 fully saturated rings. The largest absolute Gasteiger partial charge is 0.384 e. The summed E-state index contributed by atoms with van der Waals surface area (Å²) in [5.41, 5.74) is 2.40. The number of hydrogen-bond donors (Lipinski definition) is 1. The van der Waals surface area contributed by atoms with Crippen LogP contribution in [0.15, 0.2) is 53.4 Å². The van der Waals surface area contributed by atoms with E-state index in [1.54, 1.807) is 31.2 Å². The Labute approximate surface area is 143 Å². The van der Waals surface area contributed by atoms with Crippen LogP contribution in [0.4, 0.5) is 0 Å². The highest BCUT2D eigenvalue weighted by Crippen LogP contribution is 2.26. The topological polar surface area (TPSA) is 57.6 Å². The summed E-state index contributed by atoms with van der Waals surface area (Å²) in [5.74, 6) is 0. The molecule has 1 aliphatic rings. The minimum atomic E-state index is -3.22. The normalized spacial score (nSPS) is 18.0. The predicted octanol–water partition coefficient (Wildman–Crippen LogP) is 2.36. The van der Waals surface area contributed by atoms with E-state index in [1.807, 2.05) is 6.07 Å². The van der Waals surface area contributed by atoms with Crippen molar-refractivity contribution in [1.82, 2.24) is 4.90 Å². The second-order valence-electron chi connectivity index (χ2n) is 6.80. The first kappa shape index (κ1) is 17.1. The first-order chi connectivity index (χ1) is 11.3. The molecule has 0 saturated carbocycles. The minimum Gasteiger partial charge on any atom is -0.384 e. The van der Waals surface area contributed by atoms with Gasteiger partial charge in [0.15, 0.2) is 9.84 Å². The van der Waals surface area contributed by atoms with Crippen molar-refractivity contribution in [3.05, 3.63) is 65.2 Å². The summed E-state index contributed by atoms with van der Waals surface area (Å²) in [5, 5.41) is 10.9. The van der Waals surface area contributed by atoms with E-state index in [-0.39, 0.29) is 4.90 Å². The van der Waals surface area contributed by atoms with Crippen LogP contribution >= 0.6 is 0 Å². The Kier molecular flexibility index (Phi) is 4.51. The summed E-state index contributed by atoms with van der Waals surface area (Å²) in [7, 11) is -3.22. The number of aliphatic hydroxyl groups is 1. The molecule has 0 bridgehead atoms. The highest BCUT2D eigenvalue weighted by molar-refractivity contribution is 7.90. The van der Waals surface area contributed by atoms with E-state index in [2.05, 4.69) is 23.1 Å². The van der Waals surface area contributed by atoms with E-state index < -0.39 is 15.4 Å². The fraction of sp³-hybridized carbons (Fsp3) is 0.368. The summed E-state index contributed by atoms with van der Waals surface area (Å²) < 4.78 is 23.1. The standard InChI is InChI=1S/C19H23NO3S/c1-19(21,17-7-9-18(10-8-17)24(2,22)23)14-20-12-11-15-5-3-4-6-16(15)13-20/h3-10,21H,11-14H2,1-2H3/t19-/m1/s1. The van der Waals surface area contributed by atoms with Gasteiger partial charge in [0.25, 0.3) is 0 Å². The van der Waals surface area contributed by atoms with E-state index in [0.717, 1.165) is 25.1 Å². The zero-order valence-corrected chi connectivity index (χ0v) is 14.9. The van der Waals surface area contributed by atoms with Gasteiger partial charge in [-0.3, -0.25) is 4.90 Å². The van der Waals surface area contributed by atoms with Crippen LogP contribution in [0, 0.1) is 0 Å². The number of nitrogens with zero attached hydrogens (tertiary/aromatic N) is 1. The van der Waals surface area contributed by atoms with Crippen molar-refractivity contribution in [2.45, 2.75) is 30.4 Å². The van der Waals surface area contributed by atoms with Crippen molar-refractivity contribution in [1.29, 1.82) is 0 Å². The summed E-state index contributed by atoms with van der Waals surface area (Å²) in [6.07, 6.45) is 2.17.